The van der Waals surface area contributed by atoms with Crippen LogP contribution in [0.3, 0.4) is 0 Å². The monoisotopic (exact) mass is 296 g/mol. The van der Waals surface area contributed by atoms with E-state index in [2.05, 4.69) is 5.32 Å². The first-order chi connectivity index (χ1) is 9.93. The van der Waals surface area contributed by atoms with Crippen molar-refractivity contribution in [3.8, 4) is 0 Å². The van der Waals surface area contributed by atoms with Crippen molar-refractivity contribution in [3.05, 3.63) is 29.3 Å². The lowest BCUT2D eigenvalue weighted by atomic mass is 9.91. The number of aliphatic hydroxyl groups excluding tert-OH is 1. The van der Waals surface area contributed by atoms with E-state index in [4.69, 9.17) is 10.5 Å². The lowest BCUT2D eigenvalue weighted by Gasteiger charge is -2.23. The molecule has 1 aliphatic rings. The Hall–Kier alpha value is -2.15. The number of alkyl halides is 2. The summed E-state index contributed by atoms with van der Waals surface area (Å²) < 4.78 is 25.8. The van der Waals surface area contributed by atoms with E-state index in [0.29, 0.717) is 5.69 Å². The molecule has 5 nitrogen and oxygen atoms in total. The molecule has 1 saturated carbocycles. The molecule has 1 aromatic rings. The quantitative estimate of drug-likeness (QED) is 0.791. The van der Waals surface area contributed by atoms with E-state index in [9.17, 15) is 18.4 Å². The Bertz CT molecular complexity index is 602. The summed E-state index contributed by atoms with van der Waals surface area (Å²) in [5.74, 6) is -1.13. The van der Waals surface area contributed by atoms with Gasteiger partial charge in [0.15, 0.2) is 5.78 Å². The molecule has 0 bridgehead atoms. The van der Waals surface area contributed by atoms with Crippen molar-refractivity contribution in [3.63, 3.8) is 0 Å². The van der Waals surface area contributed by atoms with Gasteiger partial charge in [0.25, 0.3) is 6.43 Å². The van der Waals surface area contributed by atoms with Gasteiger partial charge in [0.05, 0.1) is 12.6 Å². The van der Waals surface area contributed by atoms with Gasteiger partial charge < -0.3 is 10.4 Å². The number of hydrogen-bond acceptors (Lipinski definition) is 5. The van der Waals surface area contributed by atoms with Gasteiger partial charge >= 0.3 is 0 Å². The van der Waals surface area contributed by atoms with E-state index in [1.54, 1.807) is 0 Å². The van der Waals surface area contributed by atoms with E-state index in [0.717, 1.165) is 0 Å². The van der Waals surface area contributed by atoms with Crippen LogP contribution in [0.25, 0.3) is 0 Å². The van der Waals surface area contributed by atoms with Gasteiger partial charge in [0.2, 0.25) is 5.78 Å². The zero-order valence-corrected chi connectivity index (χ0v) is 11.0. The van der Waals surface area contributed by atoms with Crippen LogP contribution < -0.4 is 5.32 Å². The first-order valence-electron chi connectivity index (χ1n) is 6.38. The van der Waals surface area contributed by atoms with Crippen molar-refractivity contribution in [2.45, 2.75) is 31.9 Å². The molecule has 0 aliphatic heterocycles. The van der Waals surface area contributed by atoms with Gasteiger partial charge in [-0.05, 0) is 24.1 Å². The SMILES string of the molecule is N=C1C(=O)CCC(Nc2ccc(CO)c(C(F)F)c2)C1=O. The zero-order chi connectivity index (χ0) is 15.6. The standard InChI is InChI=1S/C14H14F2N2O3/c15-14(16)9-5-8(2-1-7(9)6-19)18-10-3-4-11(20)12(17)13(10)21/h1-2,5,10,14,17-19H,3-4,6H2. The third-order valence-corrected chi connectivity index (χ3v) is 3.39. The molecule has 0 aromatic heterocycles. The lowest BCUT2D eigenvalue weighted by Crippen LogP contribution is -2.43. The summed E-state index contributed by atoms with van der Waals surface area (Å²) in [7, 11) is 0. The maximum Gasteiger partial charge on any atom is 0.264 e. The number of anilines is 1. The van der Waals surface area contributed by atoms with Crippen LogP contribution in [0.4, 0.5) is 14.5 Å². The normalized spacial score (nSPS) is 19.2. The fraction of sp³-hybridized carbons (Fsp3) is 0.357. The van der Waals surface area contributed by atoms with E-state index in [1.807, 2.05) is 0 Å². The second-order valence-electron chi connectivity index (χ2n) is 4.77. The van der Waals surface area contributed by atoms with Crippen molar-refractivity contribution < 1.29 is 23.5 Å². The van der Waals surface area contributed by atoms with E-state index >= 15 is 0 Å². The molecule has 0 amide bonds. The van der Waals surface area contributed by atoms with E-state index in [1.165, 1.54) is 18.2 Å². The predicted octanol–water partition coefficient (Wildman–Crippen LogP) is 1.85. The number of carbonyl (C=O) groups excluding carboxylic acids is 2. The molecule has 1 fully saturated rings. The average molecular weight is 296 g/mol. The molecule has 3 N–H and O–H groups in total. The number of rotatable bonds is 4. The molecule has 1 unspecified atom stereocenters. The Morgan fingerprint density at radius 3 is 2.71 bits per heavy atom. The van der Waals surface area contributed by atoms with Crippen molar-refractivity contribution in [2.75, 3.05) is 5.32 Å². The van der Waals surface area contributed by atoms with Crippen LogP contribution in [-0.4, -0.2) is 28.4 Å². The molecule has 112 valence electrons. The van der Waals surface area contributed by atoms with Crippen molar-refractivity contribution >= 4 is 23.0 Å². The third-order valence-electron chi connectivity index (χ3n) is 3.39. The minimum absolute atomic E-state index is 0.0820. The van der Waals surface area contributed by atoms with Gasteiger partial charge in [0.1, 0.15) is 5.71 Å². The highest BCUT2D eigenvalue weighted by molar-refractivity contribution is 6.67. The topological polar surface area (TPSA) is 90.2 Å². The smallest absolute Gasteiger partial charge is 0.264 e. The van der Waals surface area contributed by atoms with E-state index < -0.39 is 36.4 Å². The van der Waals surface area contributed by atoms with Crippen molar-refractivity contribution in [1.29, 1.82) is 5.41 Å². The molecule has 1 aromatic carbocycles. The highest BCUT2D eigenvalue weighted by atomic mass is 19.3. The highest BCUT2D eigenvalue weighted by Crippen LogP contribution is 2.27. The van der Waals surface area contributed by atoms with Gasteiger partial charge in [-0.2, -0.15) is 0 Å². The van der Waals surface area contributed by atoms with Crippen LogP contribution in [0.1, 0.15) is 30.4 Å². The molecule has 0 saturated heterocycles. The van der Waals surface area contributed by atoms with Crippen LogP contribution in [0, 0.1) is 5.41 Å². The zero-order valence-electron chi connectivity index (χ0n) is 11.0. The molecule has 1 aliphatic carbocycles. The Kier molecular flexibility index (Phi) is 4.42. The van der Waals surface area contributed by atoms with Crippen LogP contribution >= 0.6 is 0 Å². The number of aliphatic hydroxyl groups is 1. The summed E-state index contributed by atoms with van der Waals surface area (Å²) in [6, 6.07) is 3.24. The number of Topliss-reactive ketones (excluding diaryl/α,β-unsaturated/α-hetero) is 2. The van der Waals surface area contributed by atoms with E-state index in [-0.39, 0.29) is 24.0 Å². The Morgan fingerprint density at radius 2 is 2.10 bits per heavy atom. The number of hydrogen-bond donors (Lipinski definition) is 3. The number of halogens is 2. The summed E-state index contributed by atoms with van der Waals surface area (Å²) in [4.78, 5) is 23.0. The summed E-state index contributed by atoms with van der Waals surface area (Å²) in [5.41, 5.74) is -0.451. The maximum atomic E-state index is 12.9. The van der Waals surface area contributed by atoms with Gasteiger partial charge in [-0.15, -0.1) is 0 Å². The van der Waals surface area contributed by atoms with Crippen molar-refractivity contribution in [2.24, 2.45) is 0 Å². The minimum atomic E-state index is -2.74. The number of benzene rings is 1. The number of nitrogens with one attached hydrogen (secondary N) is 2. The van der Waals surface area contributed by atoms with Crippen LogP contribution in [-0.2, 0) is 16.2 Å². The van der Waals surface area contributed by atoms with Crippen molar-refractivity contribution in [1.82, 2.24) is 0 Å². The molecular weight excluding hydrogens is 282 g/mol. The molecule has 1 atom stereocenters. The largest absolute Gasteiger partial charge is 0.392 e. The fourth-order valence-electron chi connectivity index (χ4n) is 2.21. The molecule has 21 heavy (non-hydrogen) atoms. The van der Waals surface area contributed by atoms with Gasteiger partial charge in [-0.1, -0.05) is 6.07 Å². The maximum absolute atomic E-state index is 12.9. The molecule has 0 spiro atoms. The van der Waals surface area contributed by atoms with Crippen LogP contribution in [0.15, 0.2) is 18.2 Å². The Balaban J connectivity index is 2.20. The van der Waals surface area contributed by atoms with Crippen LogP contribution in [0.5, 0.6) is 0 Å². The van der Waals surface area contributed by atoms with Gasteiger partial charge in [-0.3, -0.25) is 15.0 Å². The fourth-order valence-corrected chi connectivity index (χ4v) is 2.21. The number of carbonyl (C=O) groups is 2. The first kappa shape index (κ1) is 15.2. The Labute approximate surface area is 119 Å². The van der Waals surface area contributed by atoms with Crippen LogP contribution in [0.2, 0.25) is 0 Å². The first-order valence-corrected chi connectivity index (χ1v) is 6.38. The molecule has 0 heterocycles. The molecule has 2 rings (SSSR count). The summed E-state index contributed by atoms with van der Waals surface area (Å²) in [5, 5.41) is 19.2. The molecule has 7 heteroatoms. The second kappa shape index (κ2) is 6.09. The minimum Gasteiger partial charge on any atom is -0.392 e. The summed E-state index contributed by atoms with van der Waals surface area (Å²) in [6.07, 6.45) is -2.43. The predicted molar refractivity (Wildman–Crippen MR) is 71.7 cm³/mol. The summed E-state index contributed by atoms with van der Waals surface area (Å²) in [6.45, 7) is -0.499. The summed E-state index contributed by atoms with van der Waals surface area (Å²) >= 11 is 0. The lowest BCUT2D eigenvalue weighted by molar-refractivity contribution is -0.119. The Morgan fingerprint density at radius 1 is 1.38 bits per heavy atom. The molecular formula is C14H14F2N2O3. The third kappa shape index (κ3) is 3.13. The van der Waals surface area contributed by atoms with Gasteiger partial charge in [0, 0.05) is 17.7 Å². The molecule has 0 radical (unpaired) electrons. The number of ketones is 2. The second-order valence-corrected chi connectivity index (χ2v) is 4.77. The average Bonchev–Trinajstić information content (AvgIpc) is 2.47. The highest BCUT2D eigenvalue weighted by Gasteiger charge is 2.32. The van der Waals surface area contributed by atoms with Gasteiger partial charge in [-0.25, -0.2) is 8.78 Å².